The smallest absolute Gasteiger partial charge is 0.325 e. The minimum absolute atomic E-state index is 0.147. The monoisotopic (exact) mass is 395 g/mol. The second-order valence-electron chi connectivity index (χ2n) is 6.85. The molecule has 8 heteroatoms. The molecule has 0 unspecified atom stereocenters. The molecule has 2 N–H and O–H groups in total. The Labute approximate surface area is 162 Å². The maximum absolute atomic E-state index is 11.8. The molecular weight excluding hydrogens is 370 g/mol. The summed E-state index contributed by atoms with van der Waals surface area (Å²) in [5, 5.41) is 8.44. The molecule has 0 aromatic carbocycles. The molecule has 142 valence electrons. The van der Waals surface area contributed by atoms with Gasteiger partial charge in [-0.05, 0) is 52.7 Å². The van der Waals surface area contributed by atoms with Gasteiger partial charge in [0.05, 0.1) is 17.2 Å². The number of amides is 2. The highest BCUT2D eigenvalue weighted by Gasteiger charge is 2.16. The highest BCUT2D eigenvalue weighted by molar-refractivity contribution is 7.12. The van der Waals surface area contributed by atoms with E-state index in [1.54, 1.807) is 43.4 Å². The summed E-state index contributed by atoms with van der Waals surface area (Å²) in [6.45, 7) is 7.66. The molecule has 26 heavy (non-hydrogen) atoms. The molecule has 0 bridgehead atoms. The number of aryl methyl sites for hydroxylation is 3. The molecule has 0 saturated carbocycles. The Morgan fingerprint density at radius 1 is 1.15 bits per heavy atom. The summed E-state index contributed by atoms with van der Waals surface area (Å²) in [6.07, 6.45) is 1.87. The second kappa shape index (κ2) is 9.14. The van der Waals surface area contributed by atoms with Crippen molar-refractivity contribution in [3.05, 3.63) is 38.0 Å². The van der Waals surface area contributed by atoms with Crippen LogP contribution in [0.2, 0.25) is 0 Å². The highest BCUT2D eigenvalue weighted by atomic mass is 32.1. The molecule has 0 saturated heterocycles. The van der Waals surface area contributed by atoms with Crippen LogP contribution in [-0.4, -0.2) is 29.1 Å². The van der Waals surface area contributed by atoms with E-state index in [9.17, 15) is 9.59 Å². The number of aromatic nitrogens is 1. The number of rotatable bonds is 7. The third-order valence-electron chi connectivity index (χ3n) is 3.25. The average Bonchev–Trinajstić information content (AvgIpc) is 3.16. The van der Waals surface area contributed by atoms with E-state index in [0.29, 0.717) is 6.54 Å². The number of hydrogen-bond acceptors (Lipinski definition) is 6. The van der Waals surface area contributed by atoms with Crippen molar-refractivity contribution in [3.8, 4) is 0 Å². The number of carbonyl (C=O) groups is 2. The molecule has 2 amide bonds. The molecule has 0 aliphatic rings. The van der Waals surface area contributed by atoms with Crippen LogP contribution in [0.5, 0.6) is 0 Å². The lowest BCUT2D eigenvalue weighted by atomic mass is 10.2. The maximum atomic E-state index is 11.8. The van der Waals surface area contributed by atoms with Gasteiger partial charge in [0.2, 0.25) is 0 Å². The van der Waals surface area contributed by atoms with Crippen LogP contribution in [0.15, 0.2) is 17.5 Å². The van der Waals surface area contributed by atoms with Crippen LogP contribution in [0.25, 0.3) is 0 Å². The Kier molecular flexibility index (Phi) is 7.16. The van der Waals surface area contributed by atoms with E-state index in [4.69, 9.17) is 4.74 Å². The lowest BCUT2D eigenvalue weighted by Gasteiger charge is -2.19. The van der Waals surface area contributed by atoms with Gasteiger partial charge in [-0.2, -0.15) is 0 Å². The van der Waals surface area contributed by atoms with Crippen molar-refractivity contribution < 1.29 is 14.3 Å². The summed E-state index contributed by atoms with van der Waals surface area (Å²) < 4.78 is 5.14. The predicted molar refractivity (Wildman–Crippen MR) is 105 cm³/mol. The van der Waals surface area contributed by atoms with Gasteiger partial charge >= 0.3 is 12.0 Å². The molecule has 0 fully saturated rings. The molecule has 0 aliphatic carbocycles. The normalized spacial score (nSPS) is 11.2. The van der Waals surface area contributed by atoms with Gasteiger partial charge in [0.25, 0.3) is 0 Å². The largest absolute Gasteiger partial charge is 0.459 e. The van der Waals surface area contributed by atoms with Crippen molar-refractivity contribution >= 4 is 34.7 Å². The first-order valence-corrected chi connectivity index (χ1v) is 10.1. The zero-order chi connectivity index (χ0) is 19.2. The molecule has 6 nitrogen and oxygen atoms in total. The number of ether oxygens (including phenoxy) is 1. The lowest BCUT2D eigenvalue weighted by molar-refractivity contribution is -0.153. The van der Waals surface area contributed by atoms with E-state index in [0.717, 1.165) is 28.4 Å². The van der Waals surface area contributed by atoms with Crippen LogP contribution < -0.4 is 10.6 Å². The van der Waals surface area contributed by atoms with Crippen molar-refractivity contribution in [2.45, 2.75) is 52.7 Å². The van der Waals surface area contributed by atoms with Gasteiger partial charge in [0.1, 0.15) is 12.1 Å². The van der Waals surface area contributed by atoms with Gasteiger partial charge < -0.3 is 15.4 Å². The van der Waals surface area contributed by atoms with Gasteiger partial charge in [-0.15, -0.1) is 22.7 Å². The number of nitrogens with one attached hydrogen (secondary N) is 2. The number of esters is 1. The van der Waals surface area contributed by atoms with Gasteiger partial charge in [0, 0.05) is 15.1 Å². The number of urea groups is 1. The fourth-order valence-corrected chi connectivity index (χ4v) is 3.79. The number of thiazole rings is 1. The molecule has 2 heterocycles. The molecule has 2 aromatic heterocycles. The first-order valence-electron chi connectivity index (χ1n) is 8.43. The topological polar surface area (TPSA) is 80.3 Å². The Morgan fingerprint density at radius 2 is 1.88 bits per heavy atom. The quantitative estimate of drug-likeness (QED) is 0.704. The Hall–Kier alpha value is -1.93. The summed E-state index contributed by atoms with van der Waals surface area (Å²) in [7, 11) is 0. The minimum atomic E-state index is -0.556. The summed E-state index contributed by atoms with van der Waals surface area (Å²) in [5.41, 5.74) is 0.571. The predicted octanol–water partition coefficient (Wildman–Crippen LogP) is 3.44. The van der Waals surface area contributed by atoms with E-state index >= 15 is 0 Å². The van der Waals surface area contributed by atoms with Gasteiger partial charge in [0.15, 0.2) is 0 Å². The molecule has 2 aromatic rings. The van der Waals surface area contributed by atoms with E-state index in [-0.39, 0.29) is 12.6 Å². The third-order valence-corrected chi connectivity index (χ3v) is 5.22. The second-order valence-corrected chi connectivity index (χ2v) is 9.16. The third kappa shape index (κ3) is 7.53. The fourth-order valence-electron chi connectivity index (χ4n) is 2.19. The highest BCUT2D eigenvalue weighted by Crippen LogP contribution is 2.19. The van der Waals surface area contributed by atoms with E-state index in [1.807, 2.05) is 13.0 Å². The maximum Gasteiger partial charge on any atom is 0.325 e. The Balaban J connectivity index is 1.68. The summed E-state index contributed by atoms with van der Waals surface area (Å²) in [6, 6.07) is 3.71. The van der Waals surface area contributed by atoms with E-state index in [1.165, 1.54) is 4.88 Å². The van der Waals surface area contributed by atoms with Crippen LogP contribution in [0, 0.1) is 6.92 Å². The summed E-state index contributed by atoms with van der Waals surface area (Å²) in [4.78, 5) is 30.1. The van der Waals surface area contributed by atoms with Crippen molar-refractivity contribution in [2.75, 3.05) is 6.54 Å². The average molecular weight is 396 g/mol. The molecular formula is C18H25N3O3S2. The van der Waals surface area contributed by atoms with Crippen LogP contribution in [0.1, 0.15) is 41.2 Å². The van der Waals surface area contributed by atoms with Crippen molar-refractivity contribution in [1.82, 2.24) is 15.6 Å². The SMILES string of the molecule is Cc1nc(CCc2ccc(CNC(=O)NCC(=O)OC(C)(C)C)s2)cs1. The number of nitrogens with zero attached hydrogens (tertiary/aromatic N) is 1. The fraction of sp³-hybridized carbons (Fsp3) is 0.500. The van der Waals surface area contributed by atoms with Crippen LogP contribution >= 0.6 is 22.7 Å². The Morgan fingerprint density at radius 3 is 2.54 bits per heavy atom. The van der Waals surface area contributed by atoms with Gasteiger partial charge in [-0.1, -0.05) is 0 Å². The van der Waals surface area contributed by atoms with Crippen LogP contribution in [0.4, 0.5) is 4.79 Å². The summed E-state index contributed by atoms with van der Waals surface area (Å²) >= 11 is 3.35. The minimum Gasteiger partial charge on any atom is -0.459 e. The zero-order valence-corrected chi connectivity index (χ0v) is 17.2. The molecule has 2 rings (SSSR count). The summed E-state index contributed by atoms with van der Waals surface area (Å²) in [5.74, 6) is -0.455. The van der Waals surface area contributed by atoms with Crippen LogP contribution in [0.3, 0.4) is 0 Å². The first kappa shape index (κ1) is 20.4. The van der Waals surface area contributed by atoms with E-state index in [2.05, 4.69) is 27.1 Å². The molecule has 0 aliphatic heterocycles. The zero-order valence-electron chi connectivity index (χ0n) is 15.5. The van der Waals surface area contributed by atoms with Crippen molar-refractivity contribution in [1.29, 1.82) is 0 Å². The van der Waals surface area contributed by atoms with E-state index < -0.39 is 11.6 Å². The lowest BCUT2D eigenvalue weighted by Crippen LogP contribution is -2.40. The number of carbonyl (C=O) groups excluding carboxylic acids is 2. The Bertz CT molecular complexity index is 747. The van der Waals surface area contributed by atoms with Gasteiger partial charge in [-0.3, -0.25) is 4.79 Å². The number of hydrogen-bond donors (Lipinski definition) is 2. The molecule has 0 atom stereocenters. The first-order chi connectivity index (χ1) is 12.2. The molecule has 0 radical (unpaired) electrons. The number of thiophene rings is 1. The van der Waals surface area contributed by atoms with Gasteiger partial charge in [-0.25, -0.2) is 9.78 Å². The van der Waals surface area contributed by atoms with Crippen molar-refractivity contribution in [2.24, 2.45) is 0 Å². The van der Waals surface area contributed by atoms with Crippen molar-refractivity contribution in [3.63, 3.8) is 0 Å². The van der Waals surface area contributed by atoms with Crippen LogP contribution in [-0.2, 0) is 28.9 Å². The standard InChI is InChI=1S/C18H25N3O3S2/c1-12-21-13(11-25-12)5-6-14-7-8-15(26-14)9-19-17(23)20-10-16(22)24-18(2,3)4/h7-8,11H,5-6,9-10H2,1-4H3,(H2,19,20,23). The molecule has 0 spiro atoms.